The third-order valence-electron chi connectivity index (χ3n) is 4.98. The van der Waals surface area contributed by atoms with Gasteiger partial charge in [-0.15, -0.1) is 13.9 Å². The van der Waals surface area contributed by atoms with E-state index in [9.17, 15) is 23.2 Å². The number of carbonyl (C=O) groups excluding carboxylic acids is 3. The second kappa shape index (κ2) is 8.33. The largest absolute Gasteiger partial charge is 0.586 e. The molecule has 0 aliphatic carbocycles. The van der Waals surface area contributed by atoms with Gasteiger partial charge < -0.3 is 19.3 Å². The molecular formula is C21H18F2N4O5. The summed E-state index contributed by atoms with van der Waals surface area (Å²) < 4.78 is 34.9. The Morgan fingerprint density at radius 2 is 1.72 bits per heavy atom. The van der Waals surface area contributed by atoms with E-state index in [1.54, 1.807) is 9.80 Å². The van der Waals surface area contributed by atoms with Crippen molar-refractivity contribution < 1.29 is 32.6 Å². The number of Topliss-reactive ketones (excluding diaryl/α,β-unsaturated/α-hetero) is 1. The van der Waals surface area contributed by atoms with E-state index in [0.29, 0.717) is 31.7 Å². The number of alkyl halides is 2. The number of nitrogens with zero attached hydrogens (tertiary/aromatic N) is 4. The van der Waals surface area contributed by atoms with Gasteiger partial charge in [0.25, 0.3) is 5.91 Å². The van der Waals surface area contributed by atoms with Crippen LogP contribution in [0.2, 0.25) is 0 Å². The van der Waals surface area contributed by atoms with Crippen molar-refractivity contribution in [1.82, 2.24) is 20.0 Å². The van der Waals surface area contributed by atoms with Crippen LogP contribution in [0, 0.1) is 0 Å². The van der Waals surface area contributed by atoms with Crippen molar-refractivity contribution in [2.45, 2.75) is 13.2 Å². The summed E-state index contributed by atoms with van der Waals surface area (Å²) >= 11 is 0. The number of rotatable bonds is 4. The number of ether oxygens (including phenoxy) is 2. The number of fused-ring (bicyclic) bond motifs is 1. The molecule has 0 N–H and O–H groups in total. The van der Waals surface area contributed by atoms with Gasteiger partial charge in [0.15, 0.2) is 17.3 Å². The molecule has 2 amide bonds. The van der Waals surface area contributed by atoms with Crippen LogP contribution in [0.25, 0.3) is 6.08 Å². The number of amides is 2. The van der Waals surface area contributed by atoms with Gasteiger partial charge in [0.2, 0.25) is 5.91 Å². The van der Waals surface area contributed by atoms with Crippen LogP contribution in [0.1, 0.15) is 33.3 Å². The molecule has 166 valence electrons. The lowest BCUT2D eigenvalue weighted by Gasteiger charge is -2.34. The molecule has 2 aliphatic heterocycles. The van der Waals surface area contributed by atoms with E-state index >= 15 is 0 Å². The molecule has 0 saturated carbocycles. The fourth-order valence-electron chi connectivity index (χ4n) is 3.31. The van der Waals surface area contributed by atoms with E-state index in [4.69, 9.17) is 0 Å². The minimum absolute atomic E-state index is 0.0703. The molecule has 2 aromatic rings. The zero-order valence-corrected chi connectivity index (χ0v) is 17.0. The summed E-state index contributed by atoms with van der Waals surface area (Å²) in [4.78, 5) is 39.7. The molecule has 1 saturated heterocycles. The quantitative estimate of drug-likeness (QED) is 0.525. The van der Waals surface area contributed by atoms with Gasteiger partial charge in [-0.1, -0.05) is 6.07 Å². The highest BCUT2D eigenvalue weighted by molar-refractivity contribution is 5.98. The minimum atomic E-state index is -3.70. The average molecular weight is 444 g/mol. The molecule has 32 heavy (non-hydrogen) atoms. The number of aromatic nitrogens is 2. The predicted octanol–water partition coefficient (Wildman–Crippen LogP) is 2.00. The SMILES string of the molecule is CC(=O)c1cc(C(=O)N2CCN(C(=O)C=Cc3ccc4c(c3)OC(F)(F)O4)CC2)cnn1. The maximum atomic E-state index is 13.1. The molecule has 1 aromatic carbocycles. The zero-order valence-electron chi connectivity index (χ0n) is 17.0. The van der Waals surface area contributed by atoms with E-state index in [2.05, 4.69) is 19.7 Å². The first kappa shape index (κ1) is 21.3. The van der Waals surface area contributed by atoms with Gasteiger partial charge in [-0.05, 0) is 29.8 Å². The number of hydrogen-bond donors (Lipinski definition) is 0. The molecule has 0 spiro atoms. The molecule has 1 aromatic heterocycles. The van der Waals surface area contributed by atoms with Crippen molar-refractivity contribution in [3.63, 3.8) is 0 Å². The van der Waals surface area contributed by atoms with Crippen molar-refractivity contribution in [2.75, 3.05) is 26.2 Å². The molecule has 11 heteroatoms. The Hall–Kier alpha value is -3.89. The average Bonchev–Trinajstić information content (AvgIpc) is 3.10. The van der Waals surface area contributed by atoms with Gasteiger partial charge in [-0.2, -0.15) is 5.10 Å². The highest BCUT2D eigenvalue weighted by Crippen LogP contribution is 2.41. The van der Waals surface area contributed by atoms with E-state index in [-0.39, 0.29) is 40.4 Å². The van der Waals surface area contributed by atoms with Gasteiger partial charge in [0, 0.05) is 39.2 Å². The summed E-state index contributed by atoms with van der Waals surface area (Å²) in [6.45, 7) is 2.61. The lowest BCUT2D eigenvalue weighted by Crippen LogP contribution is -2.50. The normalized spacial score (nSPS) is 17.0. The summed E-state index contributed by atoms with van der Waals surface area (Å²) in [6.07, 6.45) is 0.429. The molecule has 0 radical (unpaired) electrons. The Kier molecular flexibility index (Phi) is 5.56. The van der Waals surface area contributed by atoms with Crippen LogP contribution in [-0.2, 0) is 4.79 Å². The van der Waals surface area contributed by atoms with Crippen molar-refractivity contribution >= 4 is 23.7 Å². The Morgan fingerprint density at radius 3 is 2.44 bits per heavy atom. The monoisotopic (exact) mass is 444 g/mol. The number of hydrogen-bond acceptors (Lipinski definition) is 7. The van der Waals surface area contributed by atoms with Crippen molar-refractivity contribution in [3.05, 3.63) is 53.4 Å². The standard InChI is InChI=1S/C21H18F2N4O5/c1-13(28)16-11-15(12-24-25-16)20(30)27-8-6-26(7-9-27)19(29)5-3-14-2-4-17-18(10-14)32-21(22,23)31-17/h2-5,10-12H,6-9H2,1H3. The zero-order chi connectivity index (χ0) is 22.9. The summed E-state index contributed by atoms with van der Waals surface area (Å²) in [5, 5.41) is 7.39. The second-order valence-electron chi connectivity index (χ2n) is 7.21. The van der Waals surface area contributed by atoms with Gasteiger partial charge in [-0.25, -0.2) is 0 Å². The minimum Gasteiger partial charge on any atom is -0.395 e. The van der Waals surface area contributed by atoms with Crippen molar-refractivity contribution in [2.24, 2.45) is 0 Å². The molecule has 3 heterocycles. The van der Waals surface area contributed by atoms with E-state index in [0.717, 1.165) is 0 Å². The summed E-state index contributed by atoms with van der Waals surface area (Å²) in [5.74, 6) is -1.02. The number of benzene rings is 1. The maximum absolute atomic E-state index is 13.1. The van der Waals surface area contributed by atoms with Crippen molar-refractivity contribution in [3.8, 4) is 11.5 Å². The molecule has 0 unspecified atom stereocenters. The van der Waals surface area contributed by atoms with Gasteiger partial charge >= 0.3 is 6.29 Å². The lowest BCUT2D eigenvalue weighted by atomic mass is 10.1. The molecule has 2 aliphatic rings. The third kappa shape index (κ3) is 4.56. The Morgan fingerprint density at radius 1 is 1.03 bits per heavy atom. The van der Waals surface area contributed by atoms with Crippen LogP contribution in [0.5, 0.6) is 11.5 Å². The number of carbonyl (C=O) groups is 3. The highest BCUT2D eigenvalue weighted by atomic mass is 19.3. The fraction of sp³-hybridized carbons (Fsp3) is 0.286. The highest BCUT2D eigenvalue weighted by Gasteiger charge is 2.43. The number of halogens is 2. The van der Waals surface area contributed by atoms with Crippen molar-refractivity contribution in [1.29, 1.82) is 0 Å². The van der Waals surface area contributed by atoms with Crippen LogP contribution in [-0.4, -0.2) is 70.1 Å². The Labute approximate surface area is 181 Å². The van der Waals surface area contributed by atoms with Crippen LogP contribution in [0.3, 0.4) is 0 Å². The van der Waals surface area contributed by atoms with Gasteiger partial charge in [0.1, 0.15) is 5.69 Å². The molecule has 0 atom stereocenters. The fourth-order valence-corrected chi connectivity index (χ4v) is 3.31. The lowest BCUT2D eigenvalue weighted by molar-refractivity contribution is -0.286. The molecule has 9 nitrogen and oxygen atoms in total. The summed E-state index contributed by atoms with van der Waals surface area (Å²) in [5.41, 5.74) is 0.874. The number of ketones is 1. The Balaban J connectivity index is 1.34. The molecule has 0 bridgehead atoms. The van der Waals surface area contributed by atoms with Gasteiger partial charge in [-0.3, -0.25) is 14.4 Å². The predicted molar refractivity (Wildman–Crippen MR) is 106 cm³/mol. The van der Waals surface area contributed by atoms with E-state index in [1.807, 2.05) is 0 Å². The Bertz CT molecular complexity index is 1110. The van der Waals surface area contributed by atoms with Crippen LogP contribution < -0.4 is 9.47 Å². The van der Waals surface area contributed by atoms with Crippen LogP contribution in [0.4, 0.5) is 8.78 Å². The first-order valence-electron chi connectivity index (χ1n) is 9.72. The maximum Gasteiger partial charge on any atom is 0.586 e. The summed E-state index contributed by atoms with van der Waals surface area (Å²) in [6, 6.07) is 5.63. The molecule has 1 fully saturated rings. The first-order chi connectivity index (χ1) is 15.2. The molecular weight excluding hydrogens is 426 g/mol. The third-order valence-corrected chi connectivity index (χ3v) is 4.98. The van der Waals surface area contributed by atoms with E-state index in [1.165, 1.54) is 49.5 Å². The van der Waals surface area contributed by atoms with Gasteiger partial charge in [0.05, 0.1) is 11.8 Å². The van der Waals surface area contributed by atoms with Crippen LogP contribution >= 0.6 is 0 Å². The molecule has 4 rings (SSSR count). The first-order valence-corrected chi connectivity index (χ1v) is 9.72. The summed E-state index contributed by atoms with van der Waals surface area (Å²) in [7, 11) is 0. The topological polar surface area (TPSA) is 102 Å². The smallest absolute Gasteiger partial charge is 0.395 e. The van der Waals surface area contributed by atoms with Crippen LogP contribution in [0.15, 0.2) is 36.5 Å². The van der Waals surface area contributed by atoms with E-state index < -0.39 is 6.29 Å². The second-order valence-corrected chi connectivity index (χ2v) is 7.21. The number of piperazine rings is 1.